The summed E-state index contributed by atoms with van der Waals surface area (Å²) in [6.07, 6.45) is 2.14. The minimum atomic E-state index is 0.0718. The van der Waals surface area contributed by atoms with Gasteiger partial charge in [-0.25, -0.2) is 0 Å². The van der Waals surface area contributed by atoms with Crippen LogP contribution in [0.5, 0.6) is 11.5 Å². The molecule has 0 fully saturated rings. The number of methoxy groups -OCH3 is 1. The summed E-state index contributed by atoms with van der Waals surface area (Å²) in [5.74, 6) is 1.58. The van der Waals surface area contributed by atoms with Crippen LogP contribution >= 0.6 is 0 Å². The monoisotopic (exact) mass is 256 g/mol. The first-order valence-electron chi connectivity index (χ1n) is 6.69. The number of rotatable bonds is 6. The normalized spacial score (nSPS) is 11.9. The van der Waals surface area contributed by atoms with Gasteiger partial charge in [0.05, 0.1) is 7.11 Å². The number of hydrogen-bond acceptors (Lipinski definition) is 2. The average Bonchev–Trinajstić information content (AvgIpc) is 2.48. The Morgan fingerprint density at radius 1 is 0.895 bits per heavy atom. The van der Waals surface area contributed by atoms with E-state index in [9.17, 15) is 0 Å². The van der Waals surface area contributed by atoms with Crippen LogP contribution in [0.3, 0.4) is 0 Å². The molecule has 0 amide bonds. The Hall–Kier alpha value is -1.96. The van der Waals surface area contributed by atoms with Crippen molar-refractivity contribution in [2.45, 2.75) is 25.9 Å². The fourth-order valence-corrected chi connectivity index (χ4v) is 2.09. The molecule has 2 aromatic rings. The van der Waals surface area contributed by atoms with Crippen LogP contribution in [0.1, 0.15) is 31.4 Å². The predicted octanol–water partition coefficient (Wildman–Crippen LogP) is 4.62. The molecule has 0 heterocycles. The van der Waals surface area contributed by atoms with E-state index in [1.54, 1.807) is 7.11 Å². The van der Waals surface area contributed by atoms with Gasteiger partial charge in [0.1, 0.15) is 6.10 Å². The van der Waals surface area contributed by atoms with E-state index in [-0.39, 0.29) is 6.10 Å². The number of para-hydroxylation sites is 2. The van der Waals surface area contributed by atoms with Crippen LogP contribution in [-0.2, 0) is 0 Å². The van der Waals surface area contributed by atoms with Gasteiger partial charge in [0.15, 0.2) is 11.5 Å². The molecule has 0 aromatic heterocycles. The quantitative estimate of drug-likeness (QED) is 0.751. The SMILES string of the molecule is CCCC(Oc1ccccc1OC)c1ccccc1. The van der Waals surface area contributed by atoms with Crippen molar-refractivity contribution in [2.24, 2.45) is 0 Å². The van der Waals surface area contributed by atoms with E-state index < -0.39 is 0 Å². The van der Waals surface area contributed by atoms with Crippen molar-refractivity contribution in [3.8, 4) is 11.5 Å². The van der Waals surface area contributed by atoms with E-state index in [0.29, 0.717) is 0 Å². The van der Waals surface area contributed by atoms with Gasteiger partial charge in [-0.2, -0.15) is 0 Å². The molecule has 0 aliphatic carbocycles. The van der Waals surface area contributed by atoms with Gasteiger partial charge in [-0.1, -0.05) is 55.8 Å². The van der Waals surface area contributed by atoms with Crippen LogP contribution in [0.4, 0.5) is 0 Å². The Morgan fingerprint density at radius 2 is 1.53 bits per heavy atom. The van der Waals surface area contributed by atoms with Crippen LogP contribution in [0.2, 0.25) is 0 Å². The van der Waals surface area contributed by atoms with Crippen LogP contribution in [0.15, 0.2) is 54.6 Å². The topological polar surface area (TPSA) is 18.5 Å². The lowest BCUT2D eigenvalue weighted by Crippen LogP contribution is -2.08. The van der Waals surface area contributed by atoms with Gasteiger partial charge < -0.3 is 9.47 Å². The molecule has 0 radical (unpaired) electrons. The Balaban J connectivity index is 2.21. The zero-order valence-corrected chi connectivity index (χ0v) is 11.5. The lowest BCUT2D eigenvalue weighted by molar-refractivity contribution is 0.185. The molecule has 0 aliphatic heterocycles. The molecule has 0 saturated carbocycles. The zero-order chi connectivity index (χ0) is 13.5. The second kappa shape index (κ2) is 6.83. The highest BCUT2D eigenvalue weighted by molar-refractivity contribution is 5.40. The first kappa shape index (κ1) is 13.5. The Labute approximate surface area is 115 Å². The van der Waals surface area contributed by atoms with Crippen molar-refractivity contribution in [2.75, 3.05) is 7.11 Å². The Kier molecular flexibility index (Phi) is 4.85. The van der Waals surface area contributed by atoms with E-state index in [1.807, 2.05) is 42.5 Å². The van der Waals surface area contributed by atoms with E-state index in [2.05, 4.69) is 19.1 Å². The molecule has 100 valence electrons. The third-order valence-corrected chi connectivity index (χ3v) is 3.06. The number of hydrogen-bond donors (Lipinski definition) is 0. The molecule has 1 unspecified atom stereocenters. The number of ether oxygens (including phenoxy) is 2. The van der Waals surface area contributed by atoms with Crippen LogP contribution in [0.25, 0.3) is 0 Å². The molecule has 0 N–H and O–H groups in total. The summed E-state index contributed by atoms with van der Waals surface area (Å²) in [5.41, 5.74) is 1.20. The molecule has 0 saturated heterocycles. The Bertz CT molecular complexity index is 494. The summed E-state index contributed by atoms with van der Waals surface area (Å²) in [7, 11) is 1.67. The van der Waals surface area contributed by atoms with E-state index in [0.717, 1.165) is 24.3 Å². The third-order valence-electron chi connectivity index (χ3n) is 3.06. The minimum Gasteiger partial charge on any atom is -0.493 e. The Morgan fingerprint density at radius 3 is 2.16 bits per heavy atom. The van der Waals surface area contributed by atoms with Crippen molar-refractivity contribution < 1.29 is 9.47 Å². The number of benzene rings is 2. The maximum atomic E-state index is 6.14. The molecular weight excluding hydrogens is 236 g/mol. The molecule has 19 heavy (non-hydrogen) atoms. The summed E-state index contributed by atoms with van der Waals surface area (Å²) >= 11 is 0. The van der Waals surface area contributed by atoms with Crippen molar-refractivity contribution in [3.05, 3.63) is 60.2 Å². The highest BCUT2D eigenvalue weighted by atomic mass is 16.5. The zero-order valence-electron chi connectivity index (χ0n) is 11.5. The molecular formula is C17H20O2. The predicted molar refractivity (Wildman–Crippen MR) is 77.7 cm³/mol. The molecule has 1 atom stereocenters. The molecule has 0 bridgehead atoms. The van der Waals surface area contributed by atoms with Gasteiger partial charge in [-0.15, -0.1) is 0 Å². The second-order valence-corrected chi connectivity index (χ2v) is 4.46. The van der Waals surface area contributed by atoms with Crippen molar-refractivity contribution in [3.63, 3.8) is 0 Å². The van der Waals surface area contributed by atoms with Gasteiger partial charge in [-0.05, 0) is 24.1 Å². The van der Waals surface area contributed by atoms with E-state index in [4.69, 9.17) is 9.47 Å². The molecule has 0 spiro atoms. The maximum Gasteiger partial charge on any atom is 0.162 e. The fourth-order valence-electron chi connectivity index (χ4n) is 2.09. The van der Waals surface area contributed by atoms with Crippen LogP contribution in [0, 0.1) is 0 Å². The summed E-state index contributed by atoms with van der Waals surface area (Å²) in [6, 6.07) is 18.1. The minimum absolute atomic E-state index is 0.0718. The summed E-state index contributed by atoms with van der Waals surface area (Å²) in [4.78, 5) is 0. The molecule has 2 rings (SSSR count). The molecule has 2 aromatic carbocycles. The summed E-state index contributed by atoms with van der Waals surface area (Å²) in [6.45, 7) is 2.17. The fraction of sp³-hybridized carbons (Fsp3) is 0.294. The van der Waals surface area contributed by atoms with E-state index >= 15 is 0 Å². The van der Waals surface area contributed by atoms with Crippen LogP contribution in [-0.4, -0.2) is 7.11 Å². The van der Waals surface area contributed by atoms with E-state index in [1.165, 1.54) is 5.56 Å². The second-order valence-electron chi connectivity index (χ2n) is 4.46. The molecule has 0 aliphatic rings. The van der Waals surface area contributed by atoms with Gasteiger partial charge in [0.25, 0.3) is 0 Å². The summed E-state index contributed by atoms with van der Waals surface area (Å²) < 4.78 is 11.5. The van der Waals surface area contributed by atoms with Crippen molar-refractivity contribution in [1.29, 1.82) is 0 Å². The van der Waals surface area contributed by atoms with Gasteiger partial charge in [0, 0.05) is 0 Å². The van der Waals surface area contributed by atoms with Gasteiger partial charge in [-0.3, -0.25) is 0 Å². The van der Waals surface area contributed by atoms with Crippen molar-refractivity contribution >= 4 is 0 Å². The first-order chi connectivity index (χ1) is 9.35. The van der Waals surface area contributed by atoms with Crippen LogP contribution < -0.4 is 9.47 Å². The highest BCUT2D eigenvalue weighted by Gasteiger charge is 2.14. The van der Waals surface area contributed by atoms with Gasteiger partial charge >= 0.3 is 0 Å². The molecule has 2 heteroatoms. The summed E-state index contributed by atoms with van der Waals surface area (Å²) in [5, 5.41) is 0. The van der Waals surface area contributed by atoms with Crippen molar-refractivity contribution in [1.82, 2.24) is 0 Å². The lowest BCUT2D eigenvalue weighted by atomic mass is 10.1. The van der Waals surface area contributed by atoms with Gasteiger partial charge in [0.2, 0.25) is 0 Å². The standard InChI is InChI=1S/C17H20O2/c1-3-9-15(14-10-5-4-6-11-14)19-17-13-8-7-12-16(17)18-2/h4-8,10-13,15H,3,9H2,1-2H3. The smallest absolute Gasteiger partial charge is 0.162 e. The third kappa shape index (κ3) is 3.50. The lowest BCUT2D eigenvalue weighted by Gasteiger charge is -2.20. The highest BCUT2D eigenvalue weighted by Crippen LogP contribution is 2.32. The largest absolute Gasteiger partial charge is 0.493 e. The maximum absolute atomic E-state index is 6.14. The first-order valence-corrected chi connectivity index (χ1v) is 6.69. The molecule has 2 nitrogen and oxygen atoms in total. The average molecular weight is 256 g/mol.